The zero-order valence-corrected chi connectivity index (χ0v) is 16.1. The highest BCUT2D eigenvalue weighted by Crippen LogP contribution is 2.40. The van der Waals surface area contributed by atoms with Gasteiger partial charge in [0.15, 0.2) is 6.61 Å². The third-order valence-corrected chi connectivity index (χ3v) is 5.76. The van der Waals surface area contributed by atoms with Gasteiger partial charge < -0.3 is 19.6 Å². The van der Waals surface area contributed by atoms with Crippen molar-refractivity contribution in [2.75, 3.05) is 33.3 Å². The van der Waals surface area contributed by atoms with Crippen LogP contribution in [0.25, 0.3) is 0 Å². The van der Waals surface area contributed by atoms with Gasteiger partial charge in [-0.1, -0.05) is 23.2 Å². The maximum Gasteiger partial charge on any atom is 0.260 e. The van der Waals surface area contributed by atoms with E-state index in [1.165, 1.54) is 0 Å². The first-order valence-electron chi connectivity index (χ1n) is 8.60. The summed E-state index contributed by atoms with van der Waals surface area (Å²) in [6.07, 6.45) is 1.08. The Morgan fingerprint density at radius 1 is 1.35 bits per heavy atom. The first-order chi connectivity index (χ1) is 12.3. The highest BCUT2D eigenvalue weighted by molar-refractivity contribution is 6.35. The van der Waals surface area contributed by atoms with Crippen molar-refractivity contribution in [2.45, 2.75) is 25.4 Å². The minimum atomic E-state index is -0.552. The topological polar surface area (TPSA) is 70.1 Å². The molecule has 3 rings (SSSR count). The molecule has 1 spiro atoms. The van der Waals surface area contributed by atoms with Crippen molar-refractivity contribution in [1.82, 2.24) is 9.80 Å². The maximum atomic E-state index is 12.6. The molecule has 2 fully saturated rings. The predicted molar refractivity (Wildman–Crippen MR) is 98.5 cm³/mol. The highest BCUT2D eigenvalue weighted by Gasteiger charge is 2.47. The summed E-state index contributed by atoms with van der Waals surface area (Å²) < 4.78 is 5.50. The van der Waals surface area contributed by atoms with Crippen LogP contribution in [-0.4, -0.2) is 66.1 Å². The Morgan fingerprint density at radius 3 is 2.69 bits per heavy atom. The van der Waals surface area contributed by atoms with E-state index in [2.05, 4.69) is 0 Å². The van der Waals surface area contributed by atoms with E-state index in [1.807, 2.05) is 0 Å². The predicted octanol–water partition coefficient (Wildman–Crippen LogP) is 2.20. The lowest BCUT2D eigenvalue weighted by atomic mass is 9.71. The number of carbonyl (C=O) groups is 2. The van der Waals surface area contributed by atoms with E-state index >= 15 is 0 Å². The van der Waals surface area contributed by atoms with E-state index in [-0.39, 0.29) is 18.4 Å². The standard InChI is InChI=1S/C18H22Cl2N2O4/c1-21-10-13(23)9-18(17(21)25)4-6-22(7-5-18)16(24)11-26-15-3-2-12(19)8-14(15)20/h2-3,8,13,23H,4-7,9-11H2,1H3. The fourth-order valence-electron chi connectivity index (χ4n) is 3.83. The second-order valence-electron chi connectivity index (χ2n) is 7.07. The summed E-state index contributed by atoms with van der Waals surface area (Å²) in [5.41, 5.74) is -0.552. The molecule has 2 saturated heterocycles. The number of aliphatic hydroxyl groups excluding tert-OH is 1. The Kier molecular flexibility index (Phi) is 5.65. The van der Waals surface area contributed by atoms with Gasteiger partial charge in [-0.15, -0.1) is 0 Å². The Labute approximate surface area is 162 Å². The normalized spacial score (nSPS) is 22.6. The second-order valence-corrected chi connectivity index (χ2v) is 7.91. The molecular formula is C18H22Cl2N2O4. The van der Waals surface area contributed by atoms with Crippen LogP contribution in [0.5, 0.6) is 5.75 Å². The molecule has 1 N–H and O–H groups in total. The smallest absolute Gasteiger partial charge is 0.260 e. The van der Waals surface area contributed by atoms with Crippen LogP contribution < -0.4 is 4.74 Å². The number of ether oxygens (including phenoxy) is 1. The molecular weight excluding hydrogens is 379 g/mol. The Bertz CT molecular complexity index is 704. The number of halogens is 2. The van der Waals surface area contributed by atoms with Crippen molar-refractivity contribution in [1.29, 1.82) is 0 Å². The lowest BCUT2D eigenvalue weighted by molar-refractivity contribution is -0.157. The van der Waals surface area contributed by atoms with Gasteiger partial charge in [-0.05, 0) is 37.5 Å². The fraction of sp³-hybridized carbons (Fsp3) is 0.556. The van der Waals surface area contributed by atoms with Crippen LogP contribution in [0.15, 0.2) is 18.2 Å². The summed E-state index contributed by atoms with van der Waals surface area (Å²) in [5.74, 6) is 0.326. The third-order valence-electron chi connectivity index (χ3n) is 5.23. The van der Waals surface area contributed by atoms with Crippen molar-refractivity contribution >= 4 is 35.0 Å². The zero-order valence-electron chi connectivity index (χ0n) is 14.6. The number of carbonyl (C=O) groups excluding carboxylic acids is 2. The van der Waals surface area contributed by atoms with Gasteiger partial charge >= 0.3 is 0 Å². The molecule has 2 heterocycles. The number of amides is 2. The van der Waals surface area contributed by atoms with Gasteiger partial charge in [-0.2, -0.15) is 0 Å². The molecule has 1 unspecified atom stereocenters. The molecule has 26 heavy (non-hydrogen) atoms. The molecule has 2 aliphatic rings. The van der Waals surface area contributed by atoms with Crippen molar-refractivity contribution in [3.05, 3.63) is 28.2 Å². The average molecular weight is 401 g/mol. The molecule has 1 atom stereocenters. The number of piperidine rings is 2. The summed E-state index contributed by atoms with van der Waals surface area (Å²) in [6.45, 7) is 1.20. The van der Waals surface area contributed by atoms with Crippen LogP contribution in [0.1, 0.15) is 19.3 Å². The lowest BCUT2D eigenvalue weighted by Crippen LogP contribution is -2.57. The average Bonchev–Trinajstić information content (AvgIpc) is 2.59. The maximum absolute atomic E-state index is 12.6. The number of benzene rings is 1. The molecule has 8 heteroatoms. The fourth-order valence-corrected chi connectivity index (χ4v) is 4.30. The molecule has 1 aromatic rings. The summed E-state index contributed by atoms with van der Waals surface area (Å²) >= 11 is 11.9. The molecule has 2 amide bonds. The van der Waals surface area contributed by atoms with Gasteiger partial charge in [0.05, 0.1) is 16.5 Å². The lowest BCUT2D eigenvalue weighted by Gasteiger charge is -2.46. The van der Waals surface area contributed by atoms with Gasteiger partial charge in [0.2, 0.25) is 5.91 Å². The first kappa shape index (κ1) is 19.3. The highest BCUT2D eigenvalue weighted by atomic mass is 35.5. The number of nitrogens with zero attached hydrogens (tertiary/aromatic N) is 2. The van der Waals surface area contributed by atoms with E-state index in [0.717, 1.165) is 0 Å². The molecule has 0 saturated carbocycles. The van der Waals surface area contributed by atoms with Crippen molar-refractivity contribution in [3.63, 3.8) is 0 Å². The van der Waals surface area contributed by atoms with Crippen LogP contribution in [0.3, 0.4) is 0 Å². The van der Waals surface area contributed by atoms with E-state index in [1.54, 1.807) is 35.0 Å². The van der Waals surface area contributed by atoms with Crippen LogP contribution in [0.4, 0.5) is 0 Å². The monoisotopic (exact) mass is 400 g/mol. The number of rotatable bonds is 3. The SMILES string of the molecule is CN1CC(O)CC2(CCN(C(=O)COc3ccc(Cl)cc3Cl)CC2)C1=O. The van der Waals surface area contributed by atoms with Gasteiger partial charge in [0.1, 0.15) is 5.75 Å². The molecule has 0 aromatic heterocycles. The van der Waals surface area contributed by atoms with E-state index in [4.69, 9.17) is 27.9 Å². The Morgan fingerprint density at radius 2 is 2.04 bits per heavy atom. The third kappa shape index (κ3) is 3.92. The second kappa shape index (κ2) is 7.62. The number of likely N-dealkylation sites (N-methyl/N-ethyl adjacent to an activating group) is 1. The molecule has 2 aliphatic heterocycles. The molecule has 142 valence electrons. The summed E-state index contributed by atoms with van der Waals surface area (Å²) in [7, 11) is 1.72. The van der Waals surface area contributed by atoms with Gasteiger partial charge in [0.25, 0.3) is 5.91 Å². The minimum absolute atomic E-state index is 0.0686. The van der Waals surface area contributed by atoms with E-state index < -0.39 is 11.5 Å². The van der Waals surface area contributed by atoms with Crippen molar-refractivity contribution in [3.8, 4) is 5.75 Å². The van der Waals surface area contributed by atoms with Crippen LogP contribution >= 0.6 is 23.2 Å². The largest absolute Gasteiger partial charge is 0.482 e. The minimum Gasteiger partial charge on any atom is -0.482 e. The van der Waals surface area contributed by atoms with Crippen molar-refractivity contribution in [2.24, 2.45) is 5.41 Å². The van der Waals surface area contributed by atoms with Crippen molar-refractivity contribution < 1.29 is 19.4 Å². The first-order valence-corrected chi connectivity index (χ1v) is 9.35. The summed E-state index contributed by atoms with van der Waals surface area (Å²) in [5, 5.41) is 10.9. The number of aliphatic hydroxyl groups is 1. The quantitative estimate of drug-likeness (QED) is 0.843. The van der Waals surface area contributed by atoms with Crippen LogP contribution in [-0.2, 0) is 9.59 Å². The number of hydrogen-bond donors (Lipinski definition) is 1. The molecule has 0 bridgehead atoms. The van der Waals surface area contributed by atoms with Gasteiger partial charge in [-0.25, -0.2) is 0 Å². The molecule has 0 radical (unpaired) electrons. The van der Waals surface area contributed by atoms with E-state index in [0.29, 0.717) is 54.7 Å². The summed E-state index contributed by atoms with van der Waals surface area (Å²) in [4.78, 5) is 28.3. The molecule has 0 aliphatic carbocycles. The van der Waals surface area contributed by atoms with Crippen LogP contribution in [0, 0.1) is 5.41 Å². The van der Waals surface area contributed by atoms with Gasteiger partial charge in [-0.3, -0.25) is 9.59 Å². The number of likely N-dealkylation sites (tertiary alicyclic amines) is 2. The summed E-state index contributed by atoms with van der Waals surface area (Å²) in [6, 6.07) is 4.83. The zero-order chi connectivity index (χ0) is 18.9. The van der Waals surface area contributed by atoms with Crippen LogP contribution in [0.2, 0.25) is 10.0 Å². The molecule has 6 nitrogen and oxygen atoms in total. The Balaban J connectivity index is 1.56. The van der Waals surface area contributed by atoms with E-state index in [9.17, 15) is 14.7 Å². The Hall–Kier alpha value is -1.50. The van der Waals surface area contributed by atoms with Gasteiger partial charge in [0, 0.05) is 31.7 Å². The number of β-amino-alcohol motifs (C(OH)–C–C–N with tert-alkyl or cyclic N) is 1. The number of hydrogen-bond acceptors (Lipinski definition) is 4. The molecule has 1 aromatic carbocycles.